The van der Waals surface area contributed by atoms with Crippen LogP contribution in [0, 0.1) is 0 Å². The van der Waals surface area contributed by atoms with E-state index >= 15 is 0 Å². The Bertz CT molecular complexity index is 743. The molecule has 2 fully saturated rings. The van der Waals surface area contributed by atoms with Crippen LogP contribution in [-0.4, -0.2) is 51.8 Å². The van der Waals surface area contributed by atoms with Crippen LogP contribution >= 0.6 is 11.3 Å². The fourth-order valence-corrected chi connectivity index (χ4v) is 4.17. The summed E-state index contributed by atoms with van der Waals surface area (Å²) >= 11 is 0.625. The monoisotopic (exact) mass is 390 g/mol. The fraction of sp³-hybridized carbons (Fsp3) is 0.600. The second-order valence-corrected chi connectivity index (χ2v) is 7.27. The standard InChI is InChI=1S/C15H17F3N4O3S/c1-21-13(25)22(11(24)14(21)5-3-2-4-6-14)7-10(23)20-12-19-9(8-26-12)15(16,17)18/h8H,2-7H2,1H3,(H,19,20,23). The minimum Gasteiger partial charge on any atom is -0.313 e. The molecule has 0 radical (unpaired) electrons. The van der Waals surface area contributed by atoms with Gasteiger partial charge in [-0.15, -0.1) is 11.3 Å². The Hall–Kier alpha value is -2.17. The van der Waals surface area contributed by atoms with Crippen molar-refractivity contribution in [1.82, 2.24) is 14.8 Å². The van der Waals surface area contributed by atoms with Crippen molar-refractivity contribution in [2.45, 2.75) is 43.8 Å². The van der Waals surface area contributed by atoms with E-state index in [0.717, 1.165) is 29.5 Å². The number of aromatic nitrogens is 1. The lowest BCUT2D eigenvalue weighted by Gasteiger charge is -2.35. The lowest BCUT2D eigenvalue weighted by Crippen LogP contribution is -2.49. The number of hydrogen-bond acceptors (Lipinski definition) is 5. The van der Waals surface area contributed by atoms with Crippen LogP contribution in [0.4, 0.5) is 23.1 Å². The summed E-state index contributed by atoms with van der Waals surface area (Å²) in [6, 6.07) is -0.567. The van der Waals surface area contributed by atoms with E-state index in [2.05, 4.69) is 10.3 Å². The van der Waals surface area contributed by atoms with Crippen molar-refractivity contribution in [3.63, 3.8) is 0 Å². The number of rotatable bonds is 3. The molecule has 142 valence electrons. The molecule has 1 spiro atoms. The lowest BCUT2D eigenvalue weighted by molar-refractivity contribution is -0.140. The molecule has 1 aliphatic heterocycles. The Morgan fingerprint density at radius 3 is 2.54 bits per heavy atom. The molecule has 2 aliphatic rings. The molecule has 7 nitrogen and oxygen atoms in total. The Labute approximate surface area is 151 Å². The number of nitrogens with one attached hydrogen (secondary N) is 1. The summed E-state index contributed by atoms with van der Waals surface area (Å²) in [4.78, 5) is 42.8. The fourth-order valence-electron chi connectivity index (χ4n) is 3.43. The molecule has 1 aromatic heterocycles. The molecule has 0 bridgehead atoms. The molecule has 0 unspecified atom stereocenters. The van der Waals surface area contributed by atoms with Gasteiger partial charge in [-0.25, -0.2) is 9.78 Å². The normalized spacial score (nSPS) is 20.2. The Morgan fingerprint density at radius 2 is 1.96 bits per heavy atom. The van der Waals surface area contributed by atoms with Crippen LogP contribution < -0.4 is 5.32 Å². The molecule has 4 amide bonds. The third kappa shape index (κ3) is 3.15. The van der Waals surface area contributed by atoms with Gasteiger partial charge in [-0.05, 0) is 12.8 Å². The SMILES string of the molecule is CN1C(=O)N(CC(=O)Nc2nc(C(F)(F)F)cs2)C(=O)C12CCCCC2. The number of alkyl halides is 3. The van der Waals surface area contributed by atoms with Crippen LogP contribution in [0.1, 0.15) is 37.8 Å². The van der Waals surface area contributed by atoms with Crippen molar-refractivity contribution < 1.29 is 27.6 Å². The topological polar surface area (TPSA) is 82.6 Å². The summed E-state index contributed by atoms with van der Waals surface area (Å²) in [5, 5.41) is 2.76. The first-order valence-electron chi connectivity index (χ1n) is 8.07. The molecule has 1 aliphatic carbocycles. The van der Waals surface area contributed by atoms with E-state index in [9.17, 15) is 27.6 Å². The second kappa shape index (κ2) is 6.53. The van der Waals surface area contributed by atoms with Gasteiger partial charge < -0.3 is 10.2 Å². The summed E-state index contributed by atoms with van der Waals surface area (Å²) in [5.74, 6) is -1.19. The number of thiazole rings is 1. The summed E-state index contributed by atoms with van der Waals surface area (Å²) < 4.78 is 37.6. The van der Waals surface area contributed by atoms with E-state index < -0.39 is 41.8 Å². The zero-order chi connectivity index (χ0) is 19.1. The number of likely N-dealkylation sites (N-methyl/N-ethyl adjacent to an activating group) is 1. The first-order valence-corrected chi connectivity index (χ1v) is 8.95. The second-order valence-electron chi connectivity index (χ2n) is 6.41. The average molecular weight is 390 g/mol. The molecule has 3 rings (SSSR count). The average Bonchev–Trinajstić information content (AvgIpc) is 3.12. The van der Waals surface area contributed by atoms with Crippen LogP contribution in [0.5, 0.6) is 0 Å². The Kier molecular flexibility index (Phi) is 4.67. The molecule has 1 saturated carbocycles. The summed E-state index contributed by atoms with van der Waals surface area (Å²) in [5.41, 5.74) is -2.01. The highest BCUT2D eigenvalue weighted by Gasteiger charge is 2.55. The summed E-state index contributed by atoms with van der Waals surface area (Å²) in [6.45, 7) is -0.551. The van der Waals surface area contributed by atoms with Gasteiger partial charge in [0.2, 0.25) is 5.91 Å². The predicted molar refractivity (Wildman–Crippen MR) is 86.4 cm³/mol. The van der Waals surface area contributed by atoms with E-state index in [4.69, 9.17) is 0 Å². The molecule has 0 aromatic carbocycles. The first-order chi connectivity index (χ1) is 12.1. The number of amides is 4. The number of imide groups is 1. The minimum atomic E-state index is -4.60. The van der Waals surface area contributed by atoms with Crippen LogP contribution in [0.15, 0.2) is 5.38 Å². The largest absolute Gasteiger partial charge is 0.434 e. The zero-order valence-corrected chi connectivity index (χ0v) is 14.7. The van der Waals surface area contributed by atoms with Gasteiger partial charge in [0.1, 0.15) is 12.1 Å². The molecule has 11 heteroatoms. The van der Waals surface area contributed by atoms with Gasteiger partial charge in [0.15, 0.2) is 10.8 Å². The van der Waals surface area contributed by atoms with Gasteiger partial charge >= 0.3 is 12.2 Å². The molecule has 26 heavy (non-hydrogen) atoms. The summed E-state index contributed by atoms with van der Waals surface area (Å²) in [6.07, 6.45) is -0.869. The van der Waals surface area contributed by atoms with Gasteiger partial charge in [-0.2, -0.15) is 13.2 Å². The van der Waals surface area contributed by atoms with E-state index in [1.165, 1.54) is 4.90 Å². The number of carbonyl (C=O) groups is 3. The maximum Gasteiger partial charge on any atom is 0.434 e. The third-order valence-electron chi connectivity index (χ3n) is 4.83. The molecular weight excluding hydrogens is 373 g/mol. The van der Waals surface area contributed by atoms with Gasteiger partial charge in [0.05, 0.1) is 0 Å². The van der Waals surface area contributed by atoms with Gasteiger partial charge in [-0.1, -0.05) is 19.3 Å². The predicted octanol–water partition coefficient (Wildman–Crippen LogP) is 2.70. The number of halogens is 3. The highest BCUT2D eigenvalue weighted by molar-refractivity contribution is 7.13. The van der Waals surface area contributed by atoms with Crippen molar-refractivity contribution in [3.8, 4) is 0 Å². The lowest BCUT2D eigenvalue weighted by atomic mass is 9.81. The maximum atomic E-state index is 12.7. The van der Waals surface area contributed by atoms with Gasteiger partial charge in [0, 0.05) is 12.4 Å². The van der Waals surface area contributed by atoms with Crippen molar-refractivity contribution in [1.29, 1.82) is 0 Å². The Balaban J connectivity index is 1.68. The number of carbonyl (C=O) groups excluding carboxylic acids is 3. The number of hydrogen-bond donors (Lipinski definition) is 1. The third-order valence-corrected chi connectivity index (χ3v) is 5.58. The van der Waals surface area contributed by atoms with E-state index in [0.29, 0.717) is 24.2 Å². The van der Waals surface area contributed by atoms with Crippen LogP contribution in [0.3, 0.4) is 0 Å². The van der Waals surface area contributed by atoms with E-state index in [1.807, 2.05) is 0 Å². The summed E-state index contributed by atoms with van der Waals surface area (Å²) in [7, 11) is 1.54. The van der Waals surface area contributed by atoms with Gasteiger partial charge in [0.25, 0.3) is 5.91 Å². The minimum absolute atomic E-state index is 0.234. The molecule has 2 heterocycles. The highest BCUT2D eigenvalue weighted by atomic mass is 32.1. The smallest absolute Gasteiger partial charge is 0.313 e. The van der Waals surface area contributed by atoms with Crippen molar-refractivity contribution in [3.05, 3.63) is 11.1 Å². The molecule has 1 N–H and O–H groups in total. The Morgan fingerprint density at radius 1 is 1.31 bits per heavy atom. The van der Waals surface area contributed by atoms with Crippen molar-refractivity contribution >= 4 is 34.3 Å². The number of urea groups is 1. The number of anilines is 1. The maximum absolute atomic E-state index is 12.7. The van der Waals surface area contributed by atoms with Crippen LogP contribution in [0.2, 0.25) is 0 Å². The van der Waals surface area contributed by atoms with Crippen LogP contribution in [-0.2, 0) is 15.8 Å². The molecule has 1 saturated heterocycles. The molecule has 0 atom stereocenters. The van der Waals surface area contributed by atoms with Crippen molar-refractivity contribution in [2.75, 3.05) is 18.9 Å². The zero-order valence-electron chi connectivity index (χ0n) is 13.9. The highest BCUT2D eigenvalue weighted by Crippen LogP contribution is 2.39. The van der Waals surface area contributed by atoms with Crippen molar-refractivity contribution in [2.24, 2.45) is 0 Å². The molecule has 1 aromatic rings. The van der Waals surface area contributed by atoms with E-state index in [-0.39, 0.29) is 5.13 Å². The number of nitrogens with zero attached hydrogens (tertiary/aromatic N) is 3. The van der Waals surface area contributed by atoms with Gasteiger partial charge in [-0.3, -0.25) is 14.5 Å². The molecular formula is C15H17F3N4O3S. The van der Waals surface area contributed by atoms with E-state index in [1.54, 1.807) is 7.05 Å². The quantitative estimate of drug-likeness (QED) is 0.805. The van der Waals surface area contributed by atoms with Crippen LogP contribution in [0.25, 0.3) is 0 Å². The first kappa shape index (κ1) is 18.6.